The van der Waals surface area contributed by atoms with Gasteiger partial charge in [0.1, 0.15) is 5.82 Å². The van der Waals surface area contributed by atoms with E-state index in [2.05, 4.69) is 30.2 Å². The summed E-state index contributed by atoms with van der Waals surface area (Å²) in [7, 11) is 0. The number of aromatic nitrogens is 1. The Labute approximate surface area is 107 Å². The average molecular weight is 239 g/mol. The van der Waals surface area contributed by atoms with Crippen LogP contribution in [0.2, 0.25) is 0 Å². The Morgan fingerprint density at radius 3 is 2.89 bits per heavy atom. The summed E-state index contributed by atoms with van der Waals surface area (Å²) in [5.74, 6) is 1.38. The lowest BCUT2D eigenvalue weighted by Gasteiger charge is -2.11. The van der Waals surface area contributed by atoms with Gasteiger partial charge in [-0.1, -0.05) is 38.5 Å². The van der Waals surface area contributed by atoms with E-state index in [4.69, 9.17) is 0 Å². The molecule has 0 radical (unpaired) electrons. The normalized spacial score (nSPS) is 12.1. The Balaban J connectivity index is 2.33. The molecule has 1 aromatic carbocycles. The van der Waals surface area contributed by atoms with E-state index >= 15 is 0 Å². The Bertz CT molecular complexity index is 584. The maximum absolute atomic E-state index is 9.18. The van der Waals surface area contributed by atoms with Gasteiger partial charge in [-0.3, -0.25) is 0 Å². The number of rotatable bonds is 4. The van der Waals surface area contributed by atoms with Gasteiger partial charge in [0, 0.05) is 11.9 Å². The molecule has 1 aromatic heterocycles. The highest BCUT2D eigenvalue weighted by atomic mass is 15.0. The third-order valence-corrected chi connectivity index (χ3v) is 3.17. The van der Waals surface area contributed by atoms with E-state index < -0.39 is 0 Å². The van der Waals surface area contributed by atoms with E-state index in [-0.39, 0.29) is 0 Å². The monoisotopic (exact) mass is 239 g/mol. The van der Waals surface area contributed by atoms with Crippen molar-refractivity contribution in [3.8, 4) is 6.07 Å². The van der Waals surface area contributed by atoms with Gasteiger partial charge in [0.2, 0.25) is 0 Å². The molecule has 0 aliphatic rings. The molecule has 1 atom stereocenters. The van der Waals surface area contributed by atoms with Crippen LogP contribution in [0.1, 0.15) is 25.8 Å². The van der Waals surface area contributed by atoms with E-state index in [1.54, 1.807) is 0 Å². The number of nitrogens with one attached hydrogen (secondary N) is 1. The first-order valence-corrected chi connectivity index (χ1v) is 6.28. The number of hydrogen-bond donors (Lipinski definition) is 1. The van der Waals surface area contributed by atoms with Crippen molar-refractivity contribution in [2.75, 3.05) is 11.9 Å². The molecule has 3 nitrogen and oxygen atoms in total. The fourth-order valence-electron chi connectivity index (χ4n) is 1.78. The van der Waals surface area contributed by atoms with Crippen LogP contribution in [0.15, 0.2) is 30.3 Å². The standard InChI is InChI=1S/C15H17N3/c1-3-11(2)10-17-15-8-12(9-16)13-6-4-5-7-14(13)18-15/h4-8,11H,3,10H2,1-2H3,(H,17,18). The quantitative estimate of drug-likeness (QED) is 0.887. The molecule has 0 aliphatic carbocycles. The van der Waals surface area contributed by atoms with Gasteiger partial charge < -0.3 is 5.32 Å². The second-order valence-corrected chi connectivity index (χ2v) is 4.58. The van der Waals surface area contributed by atoms with Crippen LogP contribution >= 0.6 is 0 Å². The summed E-state index contributed by atoms with van der Waals surface area (Å²) in [6, 6.07) is 11.8. The minimum absolute atomic E-state index is 0.601. The largest absolute Gasteiger partial charge is 0.370 e. The first-order valence-electron chi connectivity index (χ1n) is 6.28. The highest BCUT2D eigenvalue weighted by Crippen LogP contribution is 2.20. The molecule has 0 saturated heterocycles. The van der Waals surface area contributed by atoms with Crippen LogP contribution in [0, 0.1) is 17.2 Å². The molecule has 0 spiro atoms. The molecule has 2 aromatic rings. The summed E-state index contributed by atoms with van der Waals surface area (Å²) in [4.78, 5) is 4.53. The van der Waals surface area contributed by atoms with Crippen LogP contribution in [0.3, 0.4) is 0 Å². The van der Waals surface area contributed by atoms with Crippen molar-refractivity contribution in [3.05, 3.63) is 35.9 Å². The lowest BCUT2D eigenvalue weighted by Crippen LogP contribution is -2.11. The first kappa shape index (κ1) is 12.4. The molecule has 0 aliphatic heterocycles. The van der Waals surface area contributed by atoms with Gasteiger partial charge >= 0.3 is 0 Å². The van der Waals surface area contributed by atoms with Crippen LogP contribution in [0.5, 0.6) is 0 Å². The summed E-state index contributed by atoms with van der Waals surface area (Å²) in [6.45, 7) is 5.24. The van der Waals surface area contributed by atoms with Crippen LogP contribution < -0.4 is 5.32 Å². The first-order chi connectivity index (χ1) is 8.74. The van der Waals surface area contributed by atoms with Crippen LogP contribution in [0.4, 0.5) is 5.82 Å². The zero-order chi connectivity index (χ0) is 13.0. The van der Waals surface area contributed by atoms with Gasteiger partial charge in [-0.25, -0.2) is 4.98 Å². The highest BCUT2D eigenvalue weighted by Gasteiger charge is 2.05. The predicted octanol–water partition coefficient (Wildman–Crippen LogP) is 3.56. The van der Waals surface area contributed by atoms with Crippen molar-refractivity contribution >= 4 is 16.7 Å². The number of hydrogen-bond acceptors (Lipinski definition) is 3. The van der Waals surface area contributed by atoms with Crippen molar-refractivity contribution in [1.29, 1.82) is 5.26 Å². The molecule has 0 saturated carbocycles. The summed E-state index contributed by atoms with van der Waals surface area (Å²) >= 11 is 0. The maximum atomic E-state index is 9.18. The second kappa shape index (κ2) is 5.50. The van der Waals surface area contributed by atoms with Crippen LogP contribution in [-0.4, -0.2) is 11.5 Å². The Kier molecular flexibility index (Phi) is 3.78. The molecule has 0 bridgehead atoms. The number of para-hydroxylation sites is 1. The lowest BCUT2D eigenvalue weighted by molar-refractivity contribution is 0.592. The zero-order valence-corrected chi connectivity index (χ0v) is 10.8. The van der Waals surface area contributed by atoms with E-state index in [9.17, 15) is 5.26 Å². The van der Waals surface area contributed by atoms with Gasteiger partial charge in [0.15, 0.2) is 0 Å². The van der Waals surface area contributed by atoms with Crippen LogP contribution in [0.25, 0.3) is 10.9 Å². The van der Waals surface area contributed by atoms with Gasteiger partial charge in [-0.2, -0.15) is 5.26 Å². The van der Waals surface area contributed by atoms with E-state index in [0.717, 1.165) is 29.7 Å². The molecule has 0 fully saturated rings. The van der Waals surface area contributed by atoms with E-state index in [0.29, 0.717) is 11.5 Å². The molecule has 18 heavy (non-hydrogen) atoms. The zero-order valence-electron chi connectivity index (χ0n) is 10.8. The number of pyridine rings is 1. The second-order valence-electron chi connectivity index (χ2n) is 4.58. The number of anilines is 1. The summed E-state index contributed by atoms with van der Waals surface area (Å²) < 4.78 is 0. The molecule has 0 amide bonds. The third kappa shape index (κ3) is 2.60. The molecule has 2 rings (SSSR count). The molecule has 1 heterocycles. The Morgan fingerprint density at radius 1 is 1.39 bits per heavy atom. The highest BCUT2D eigenvalue weighted by molar-refractivity contribution is 5.86. The van der Waals surface area contributed by atoms with Gasteiger partial charge in [0.05, 0.1) is 17.1 Å². The fourth-order valence-corrected chi connectivity index (χ4v) is 1.78. The average Bonchev–Trinajstić information content (AvgIpc) is 2.43. The maximum Gasteiger partial charge on any atom is 0.127 e. The van der Waals surface area contributed by atoms with Crippen molar-refractivity contribution < 1.29 is 0 Å². The fraction of sp³-hybridized carbons (Fsp3) is 0.333. The molecule has 1 unspecified atom stereocenters. The third-order valence-electron chi connectivity index (χ3n) is 3.17. The molecule has 1 N–H and O–H groups in total. The summed E-state index contributed by atoms with van der Waals surface area (Å²) in [6.07, 6.45) is 1.13. The molecule has 3 heteroatoms. The summed E-state index contributed by atoms with van der Waals surface area (Å²) in [5.41, 5.74) is 1.54. The van der Waals surface area contributed by atoms with Gasteiger partial charge in [0.25, 0.3) is 0 Å². The Morgan fingerprint density at radius 2 is 2.17 bits per heavy atom. The van der Waals surface area contributed by atoms with Crippen molar-refractivity contribution in [3.63, 3.8) is 0 Å². The minimum atomic E-state index is 0.601. The Hall–Kier alpha value is -2.08. The summed E-state index contributed by atoms with van der Waals surface area (Å²) in [5, 5.41) is 13.4. The SMILES string of the molecule is CCC(C)CNc1cc(C#N)c2ccccc2n1. The van der Waals surface area contributed by atoms with Crippen molar-refractivity contribution in [2.24, 2.45) is 5.92 Å². The van der Waals surface area contributed by atoms with Gasteiger partial charge in [-0.05, 0) is 18.1 Å². The van der Waals surface area contributed by atoms with Crippen molar-refractivity contribution in [1.82, 2.24) is 4.98 Å². The molecule has 92 valence electrons. The molecular weight excluding hydrogens is 222 g/mol. The predicted molar refractivity (Wildman–Crippen MR) is 74.4 cm³/mol. The topological polar surface area (TPSA) is 48.7 Å². The molecular formula is C15H17N3. The number of nitriles is 1. The number of benzene rings is 1. The number of fused-ring (bicyclic) bond motifs is 1. The number of nitrogens with zero attached hydrogens (tertiary/aromatic N) is 2. The minimum Gasteiger partial charge on any atom is -0.370 e. The van der Waals surface area contributed by atoms with E-state index in [1.807, 2.05) is 30.3 Å². The lowest BCUT2D eigenvalue weighted by atomic mass is 10.1. The van der Waals surface area contributed by atoms with Crippen molar-refractivity contribution in [2.45, 2.75) is 20.3 Å². The smallest absolute Gasteiger partial charge is 0.127 e. The van der Waals surface area contributed by atoms with Crippen LogP contribution in [-0.2, 0) is 0 Å². The van der Waals surface area contributed by atoms with Gasteiger partial charge in [-0.15, -0.1) is 0 Å². The van der Waals surface area contributed by atoms with E-state index in [1.165, 1.54) is 0 Å².